The Morgan fingerprint density at radius 3 is 2.65 bits per heavy atom. The van der Waals surface area contributed by atoms with Crippen LogP contribution < -0.4 is 5.32 Å². The summed E-state index contributed by atoms with van der Waals surface area (Å²) in [7, 11) is 0. The Bertz CT molecular complexity index is 679. The Morgan fingerprint density at radius 2 is 1.87 bits per heavy atom. The van der Waals surface area contributed by atoms with Gasteiger partial charge < -0.3 is 10.4 Å². The molecule has 0 spiro atoms. The molecular formula is C20H23NO2. The summed E-state index contributed by atoms with van der Waals surface area (Å²) in [4.78, 5) is 12.3. The van der Waals surface area contributed by atoms with E-state index in [1.165, 1.54) is 11.1 Å². The van der Waals surface area contributed by atoms with Gasteiger partial charge >= 0.3 is 0 Å². The van der Waals surface area contributed by atoms with Gasteiger partial charge in [-0.05, 0) is 42.4 Å². The molecule has 1 aliphatic rings. The van der Waals surface area contributed by atoms with Gasteiger partial charge in [-0.1, -0.05) is 54.6 Å². The summed E-state index contributed by atoms with van der Waals surface area (Å²) in [5, 5.41) is 13.4. The zero-order valence-electron chi connectivity index (χ0n) is 13.5. The Kier molecular flexibility index (Phi) is 4.49. The van der Waals surface area contributed by atoms with Crippen LogP contribution in [0.1, 0.15) is 42.4 Å². The molecule has 0 saturated heterocycles. The van der Waals surface area contributed by atoms with Crippen molar-refractivity contribution in [2.75, 3.05) is 6.54 Å². The van der Waals surface area contributed by atoms with Crippen molar-refractivity contribution >= 4 is 5.91 Å². The molecule has 23 heavy (non-hydrogen) atoms. The normalized spacial score (nSPS) is 19.0. The number of hydrogen-bond acceptors (Lipinski definition) is 2. The second-order valence-corrected chi connectivity index (χ2v) is 6.56. The number of hydrogen-bond donors (Lipinski definition) is 2. The van der Waals surface area contributed by atoms with E-state index in [0.29, 0.717) is 12.3 Å². The van der Waals surface area contributed by atoms with E-state index in [1.54, 1.807) is 6.92 Å². The summed E-state index contributed by atoms with van der Waals surface area (Å²) in [6.45, 7) is 1.96. The first kappa shape index (κ1) is 15.8. The van der Waals surface area contributed by atoms with Gasteiger partial charge in [-0.3, -0.25) is 4.79 Å². The van der Waals surface area contributed by atoms with E-state index in [2.05, 4.69) is 23.5 Å². The minimum absolute atomic E-state index is 0.00269. The fourth-order valence-electron chi connectivity index (χ4n) is 3.32. The molecule has 1 aliphatic carbocycles. The molecule has 2 unspecified atom stereocenters. The number of aryl methyl sites for hydroxylation is 1. The summed E-state index contributed by atoms with van der Waals surface area (Å²) in [6.07, 6.45) is 2.57. The van der Waals surface area contributed by atoms with Crippen LogP contribution in [0.3, 0.4) is 0 Å². The van der Waals surface area contributed by atoms with Gasteiger partial charge in [0.2, 0.25) is 5.91 Å². The number of amides is 1. The van der Waals surface area contributed by atoms with Crippen LogP contribution in [0, 0.1) is 0 Å². The highest BCUT2D eigenvalue weighted by molar-refractivity contribution is 5.77. The highest BCUT2D eigenvalue weighted by Crippen LogP contribution is 2.35. The average Bonchev–Trinajstić information content (AvgIpc) is 2.97. The number of aliphatic hydroxyl groups is 1. The minimum atomic E-state index is -1.05. The predicted octanol–water partition coefficient (Wildman–Crippen LogP) is 3.13. The Hall–Kier alpha value is -2.13. The molecule has 3 nitrogen and oxygen atoms in total. The highest BCUT2D eigenvalue weighted by atomic mass is 16.3. The second kappa shape index (κ2) is 6.55. The van der Waals surface area contributed by atoms with Crippen molar-refractivity contribution in [2.45, 2.75) is 37.7 Å². The molecular weight excluding hydrogens is 286 g/mol. The molecule has 120 valence electrons. The van der Waals surface area contributed by atoms with Crippen molar-refractivity contribution in [2.24, 2.45) is 0 Å². The van der Waals surface area contributed by atoms with Crippen molar-refractivity contribution in [1.82, 2.24) is 5.32 Å². The lowest BCUT2D eigenvalue weighted by Gasteiger charge is -2.24. The van der Waals surface area contributed by atoms with Crippen molar-refractivity contribution in [3.05, 3.63) is 71.3 Å². The Labute approximate surface area is 137 Å². The molecule has 0 saturated carbocycles. The highest BCUT2D eigenvalue weighted by Gasteiger charge is 2.26. The number of carbonyl (C=O) groups excluding carboxylic acids is 1. The number of carbonyl (C=O) groups is 1. The number of fused-ring (bicyclic) bond motifs is 1. The third-order valence-electron chi connectivity index (χ3n) is 4.71. The lowest BCUT2D eigenvalue weighted by molar-refractivity contribution is -0.122. The van der Waals surface area contributed by atoms with Crippen LogP contribution in [0.4, 0.5) is 0 Å². The molecule has 2 aromatic rings. The minimum Gasteiger partial charge on any atom is -0.384 e. The first-order valence-electron chi connectivity index (χ1n) is 8.19. The molecule has 3 rings (SSSR count). The molecule has 2 atom stereocenters. The van der Waals surface area contributed by atoms with Crippen LogP contribution in [0.15, 0.2) is 54.6 Å². The van der Waals surface area contributed by atoms with Crippen LogP contribution >= 0.6 is 0 Å². The zero-order valence-corrected chi connectivity index (χ0v) is 13.5. The van der Waals surface area contributed by atoms with E-state index >= 15 is 0 Å². The third-order valence-corrected chi connectivity index (χ3v) is 4.71. The quantitative estimate of drug-likeness (QED) is 0.891. The smallest absolute Gasteiger partial charge is 0.220 e. The van der Waals surface area contributed by atoms with E-state index in [9.17, 15) is 9.90 Å². The maximum Gasteiger partial charge on any atom is 0.220 e. The van der Waals surface area contributed by atoms with Gasteiger partial charge in [0.1, 0.15) is 5.60 Å². The topological polar surface area (TPSA) is 49.3 Å². The predicted molar refractivity (Wildman–Crippen MR) is 91.1 cm³/mol. The van der Waals surface area contributed by atoms with Gasteiger partial charge in [-0.15, -0.1) is 0 Å². The van der Waals surface area contributed by atoms with Crippen LogP contribution in [0.2, 0.25) is 0 Å². The average molecular weight is 309 g/mol. The molecule has 2 N–H and O–H groups in total. The van der Waals surface area contributed by atoms with E-state index in [1.807, 2.05) is 36.4 Å². The molecule has 1 amide bonds. The van der Waals surface area contributed by atoms with E-state index < -0.39 is 5.60 Å². The van der Waals surface area contributed by atoms with Crippen LogP contribution in [0.25, 0.3) is 0 Å². The Morgan fingerprint density at radius 1 is 1.17 bits per heavy atom. The lowest BCUT2D eigenvalue weighted by atomic mass is 9.95. The Balaban J connectivity index is 1.57. The molecule has 0 bridgehead atoms. The van der Waals surface area contributed by atoms with Crippen molar-refractivity contribution in [1.29, 1.82) is 0 Å². The lowest BCUT2D eigenvalue weighted by Crippen LogP contribution is -2.38. The molecule has 0 fully saturated rings. The molecule has 0 aliphatic heterocycles. The van der Waals surface area contributed by atoms with Crippen LogP contribution in [-0.2, 0) is 16.8 Å². The van der Waals surface area contributed by atoms with Crippen LogP contribution in [-0.4, -0.2) is 17.6 Å². The molecule has 3 heteroatoms. The SMILES string of the molecule is CC(O)(CNC(=O)CC1CCc2ccccc21)c1ccccc1. The van der Waals surface area contributed by atoms with Crippen molar-refractivity contribution in [3.63, 3.8) is 0 Å². The van der Waals surface area contributed by atoms with Crippen molar-refractivity contribution in [3.8, 4) is 0 Å². The fraction of sp³-hybridized carbons (Fsp3) is 0.350. The number of benzene rings is 2. The fourth-order valence-corrected chi connectivity index (χ4v) is 3.32. The monoisotopic (exact) mass is 309 g/mol. The molecule has 0 heterocycles. The van der Waals surface area contributed by atoms with Gasteiger partial charge in [0.05, 0.1) is 6.54 Å². The zero-order chi connectivity index (χ0) is 16.3. The molecule has 0 aromatic heterocycles. The first-order chi connectivity index (χ1) is 11.1. The van der Waals surface area contributed by atoms with E-state index in [-0.39, 0.29) is 12.5 Å². The van der Waals surface area contributed by atoms with E-state index in [4.69, 9.17) is 0 Å². The molecule has 0 radical (unpaired) electrons. The summed E-state index contributed by atoms with van der Waals surface area (Å²) < 4.78 is 0. The summed E-state index contributed by atoms with van der Waals surface area (Å²) in [5.41, 5.74) is 2.43. The van der Waals surface area contributed by atoms with Gasteiger partial charge in [0.15, 0.2) is 0 Å². The van der Waals surface area contributed by atoms with E-state index in [0.717, 1.165) is 18.4 Å². The van der Waals surface area contributed by atoms with Gasteiger partial charge in [-0.25, -0.2) is 0 Å². The summed E-state index contributed by atoms with van der Waals surface area (Å²) in [5.74, 6) is 0.302. The van der Waals surface area contributed by atoms with Crippen LogP contribution in [0.5, 0.6) is 0 Å². The molecule has 2 aromatic carbocycles. The van der Waals surface area contributed by atoms with Gasteiger partial charge in [0.25, 0.3) is 0 Å². The van der Waals surface area contributed by atoms with Gasteiger partial charge in [-0.2, -0.15) is 0 Å². The summed E-state index contributed by atoms with van der Waals surface area (Å²) in [6, 6.07) is 17.8. The maximum atomic E-state index is 12.3. The first-order valence-corrected chi connectivity index (χ1v) is 8.19. The number of rotatable bonds is 5. The van der Waals surface area contributed by atoms with Gasteiger partial charge in [0, 0.05) is 6.42 Å². The maximum absolute atomic E-state index is 12.3. The summed E-state index contributed by atoms with van der Waals surface area (Å²) >= 11 is 0. The van der Waals surface area contributed by atoms with Crippen molar-refractivity contribution < 1.29 is 9.90 Å². The largest absolute Gasteiger partial charge is 0.384 e. The second-order valence-electron chi connectivity index (χ2n) is 6.56. The number of nitrogens with one attached hydrogen (secondary N) is 1. The standard InChI is InChI=1S/C20H23NO2/c1-20(23,17-8-3-2-4-9-17)14-21-19(22)13-16-12-11-15-7-5-6-10-18(15)16/h2-10,16,23H,11-14H2,1H3,(H,21,22). The third kappa shape index (κ3) is 3.62.